The highest BCUT2D eigenvalue weighted by Crippen LogP contribution is 2.47. The number of rotatable bonds is 3. The number of hydrogen-bond donors (Lipinski definition) is 2. The second-order valence-corrected chi connectivity index (χ2v) is 8.68. The van der Waals surface area contributed by atoms with Gasteiger partial charge in [0.25, 0.3) is 0 Å². The maximum absolute atomic E-state index is 10.3. The van der Waals surface area contributed by atoms with E-state index >= 15 is 0 Å². The number of aromatic hydroxyl groups is 1. The van der Waals surface area contributed by atoms with Gasteiger partial charge in [-0.3, -0.25) is 0 Å². The van der Waals surface area contributed by atoms with Gasteiger partial charge in [0.05, 0.1) is 0 Å². The smallest absolute Gasteiger partial charge is 0.120 e. The lowest BCUT2D eigenvalue weighted by Crippen LogP contribution is -2.43. The van der Waals surface area contributed by atoms with E-state index in [9.17, 15) is 5.11 Å². The van der Waals surface area contributed by atoms with E-state index < -0.39 is 0 Å². The van der Waals surface area contributed by atoms with E-state index in [-0.39, 0.29) is 17.0 Å². The highest BCUT2D eigenvalue weighted by atomic mass is 16.3. The fourth-order valence-electron chi connectivity index (χ4n) is 4.32. The molecule has 2 N–H and O–H groups in total. The van der Waals surface area contributed by atoms with Crippen molar-refractivity contribution < 1.29 is 5.11 Å². The predicted molar refractivity (Wildman–Crippen MR) is 89.9 cm³/mol. The molecular formula is C19H31NO. The van der Waals surface area contributed by atoms with E-state index in [4.69, 9.17) is 0 Å². The van der Waals surface area contributed by atoms with E-state index in [2.05, 4.69) is 53.8 Å². The molecule has 0 aliphatic heterocycles. The standard InChI is InChI=1S/C19H31NO/c1-12-8-9-15(21)17-14(10-13(2)16(12)17)20-19(6,7)11-18(3,4)5/h8-9,13-14,20-21H,10-11H2,1-7H3. The van der Waals surface area contributed by atoms with Crippen LogP contribution in [-0.2, 0) is 0 Å². The summed E-state index contributed by atoms with van der Waals surface area (Å²) < 4.78 is 0. The quantitative estimate of drug-likeness (QED) is 0.815. The van der Waals surface area contributed by atoms with Crippen LogP contribution in [0.1, 0.15) is 83.0 Å². The van der Waals surface area contributed by atoms with Crippen molar-refractivity contribution in [2.75, 3.05) is 0 Å². The molecule has 1 aromatic rings. The minimum absolute atomic E-state index is 0.0560. The van der Waals surface area contributed by atoms with Gasteiger partial charge in [-0.1, -0.05) is 33.8 Å². The Kier molecular flexibility index (Phi) is 4.14. The van der Waals surface area contributed by atoms with Crippen molar-refractivity contribution in [3.8, 4) is 5.75 Å². The third kappa shape index (κ3) is 3.60. The molecule has 0 radical (unpaired) electrons. The average molecular weight is 289 g/mol. The van der Waals surface area contributed by atoms with Crippen LogP contribution in [0.5, 0.6) is 5.75 Å². The van der Waals surface area contributed by atoms with Gasteiger partial charge in [-0.15, -0.1) is 0 Å². The first-order chi connectivity index (χ1) is 9.50. The third-order valence-corrected chi connectivity index (χ3v) is 4.45. The Morgan fingerprint density at radius 3 is 2.33 bits per heavy atom. The maximum Gasteiger partial charge on any atom is 0.120 e. The topological polar surface area (TPSA) is 32.3 Å². The summed E-state index contributed by atoms with van der Waals surface area (Å²) in [5.74, 6) is 0.957. The third-order valence-electron chi connectivity index (χ3n) is 4.45. The summed E-state index contributed by atoms with van der Waals surface area (Å²) in [5.41, 5.74) is 4.12. The Morgan fingerprint density at radius 2 is 1.76 bits per heavy atom. The minimum atomic E-state index is 0.0560. The van der Waals surface area contributed by atoms with Gasteiger partial charge < -0.3 is 10.4 Å². The molecule has 1 aliphatic rings. The van der Waals surface area contributed by atoms with Crippen LogP contribution >= 0.6 is 0 Å². The summed E-state index contributed by atoms with van der Waals surface area (Å²) in [5, 5.41) is 14.1. The fraction of sp³-hybridized carbons (Fsp3) is 0.684. The van der Waals surface area contributed by atoms with Crippen LogP contribution in [-0.4, -0.2) is 10.6 Å². The van der Waals surface area contributed by atoms with Crippen molar-refractivity contribution in [3.05, 3.63) is 28.8 Å². The van der Waals surface area contributed by atoms with E-state index in [1.54, 1.807) is 0 Å². The molecule has 21 heavy (non-hydrogen) atoms. The maximum atomic E-state index is 10.3. The molecule has 0 bridgehead atoms. The number of nitrogens with one attached hydrogen (secondary N) is 1. The van der Waals surface area contributed by atoms with Crippen LogP contribution in [0.15, 0.2) is 12.1 Å². The van der Waals surface area contributed by atoms with E-state index in [1.807, 2.05) is 12.1 Å². The lowest BCUT2D eigenvalue weighted by molar-refractivity contribution is 0.220. The van der Waals surface area contributed by atoms with Crippen LogP contribution in [0, 0.1) is 12.3 Å². The second kappa shape index (κ2) is 5.31. The molecule has 0 saturated heterocycles. The Morgan fingerprint density at radius 1 is 1.14 bits per heavy atom. The zero-order valence-electron chi connectivity index (χ0n) is 14.7. The molecule has 0 spiro atoms. The average Bonchev–Trinajstić information content (AvgIpc) is 2.57. The normalized spacial score (nSPS) is 22.4. The van der Waals surface area contributed by atoms with Crippen molar-refractivity contribution in [1.29, 1.82) is 0 Å². The van der Waals surface area contributed by atoms with Crippen molar-refractivity contribution in [2.24, 2.45) is 5.41 Å². The summed E-state index contributed by atoms with van der Waals surface area (Å²) >= 11 is 0. The zero-order valence-corrected chi connectivity index (χ0v) is 14.7. The molecule has 1 aromatic carbocycles. The molecule has 0 amide bonds. The van der Waals surface area contributed by atoms with Gasteiger partial charge in [-0.05, 0) is 62.1 Å². The number of fused-ring (bicyclic) bond motifs is 1. The zero-order chi connectivity index (χ0) is 16.0. The first-order valence-electron chi connectivity index (χ1n) is 8.10. The first-order valence-corrected chi connectivity index (χ1v) is 8.10. The Hall–Kier alpha value is -1.02. The van der Waals surface area contributed by atoms with Crippen LogP contribution < -0.4 is 5.32 Å². The number of hydrogen-bond acceptors (Lipinski definition) is 2. The second-order valence-electron chi connectivity index (χ2n) is 8.68. The highest BCUT2D eigenvalue weighted by molar-refractivity contribution is 5.51. The predicted octanol–water partition coefficient (Wildman–Crippen LogP) is 5.05. The van der Waals surface area contributed by atoms with E-state index in [0.29, 0.717) is 11.7 Å². The van der Waals surface area contributed by atoms with Crippen molar-refractivity contribution in [1.82, 2.24) is 5.32 Å². The number of benzene rings is 1. The van der Waals surface area contributed by atoms with E-state index in [1.165, 1.54) is 11.1 Å². The van der Waals surface area contributed by atoms with Crippen molar-refractivity contribution in [3.63, 3.8) is 0 Å². The molecule has 2 unspecified atom stereocenters. The Balaban J connectivity index is 2.28. The summed E-state index contributed by atoms with van der Waals surface area (Å²) in [4.78, 5) is 0. The summed E-state index contributed by atoms with van der Waals surface area (Å²) in [6.45, 7) is 15.8. The summed E-state index contributed by atoms with van der Waals surface area (Å²) in [6.07, 6.45) is 2.17. The molecule has 2 nitrogen and oxygen atoms in total. The van der Waals surface area contributed by atoms with Crippen LogP contribution in [0.4, 0.5) is 0 Å². The molecule has 0 aromatic heterocycles. The van der Waals surface area contributed by atoms with Crippen LogP contribution in [0.25, 0.3) is 0 Å². The lowest BCUT2D eigenvalue weighted by Gasteiger charge is -2.36. The molecule has 1 aliphatic carbocycles. The van der Waals surface area contributed by atoms with Gasteiger partial charge in [0.1, 0.15) is 5.75 Å². The van der Waals surface area contributed by atoms with Gasteiger partial charge >= 0.3 is 0 Å². The highest BCUT2D eigenvalue weighted by Gasteiger charge is 2.36. The lowest BCUT2D eigenvalue weighted by atomic mass is 9.81. The molecule has 2 rings (SSSR count). The van der Waals surface area contributed by atoms with Gasteiger partial charge in [-0.25, -0.2) is 0 Å². The summed E-state index contributed by atoms with van der Waals surface area (Å²) in [7, 11) is 0. The fourth-order valence-corrected chi connectivity index (χ4v) is 4.32. The Labute approximate surface area is 130 Å². The van der Waals surface area contributed by atoms with Crippen LogP contribution in [0.2, 0.25) is 0 Å². The SMILES string of the molecule is Cc1ccc(O)c2c1C(C)CC2NC(C)(C)CC(C)(C)C. The van der Waals surface area contributed by atoms with Gasteiger partial charge in [0, 0.05) is 17.1 Å². The molecule has 2 atom stereocenters. The Bertz CT molecular complexity index is 525. The van der Waals surface area contributed by atoms with Gasteiger partial charge in [0.15, 0.2) is 0 Å². The largest absolute Gasteiger partial charge is 0.508 e. The summed E-state index contributed by atoms with van der Waals surface area (Å²) in [6, 6.07) is 4.14. The number of phenolic OH excluding ortho intramolecular Hbond substituents is 1. The molecular weight excluding hydrogens is 258 g/mol. The molecule has 0 fully saturated rings. The number of aryl methyl sites for hydroxylation is 1. The molecule has 118 valence electrons. The van der Waals surface area contributed by atoms with Crippen molar-refractivity contribution in [2.45, 2.75) is 78.8 Å². The molecule has 2 heteroatoms. The van der Waals surface area contributed by atoms with E-state index in [0.717, 1.165) is 18.4 Å². The molecule has 0 saturated carbocycles. The number of phenols is 1. The van der Waals surface area contributed by atoms with Gasteiger partial charge in [-0.2, -0.15) is 0 Å². The monoisotopic (exact) mass is 289 g/mol. The van der Waals surface area contributed by atoms with Gasteiger partial charge in [0.2, 0.25) is 0 Å². The van der Waals surface area contributed by atoms with Crippen molar-refractivity contribution >= 4 is 0 Å². The first kappa shape index (κ1) is 16.4. The molecule has 0 heterocycles. The van der Waals surface area contributed by atoms with Crippen LogP contribution in [0.3, 0.4) is 0 Å². The minimum Gasteiger partial charge on any atom is -0.508 e.